The molecule has 5 aromatic heterocycles. The average Bonchev–Trinajstić information content (AvgIpc) is 3.55. The number of nitrogens with one attached hydrogen (secondary N) is 1. The number of aryl methyl sites for hydroxylation is 2. The first-order chi connectivity index (χ1) is 18.9. The van der Waals surface area contributed by atoms with E-state index in [0.717, 1.165) is 4.57 Å². The third kappa shape index (κ3) is 4.85. The number of halogens is 2. The van der Waals surface area contributed by atoms with Gasteiger partial charge >= 0.3 is 11.6 Å². The van der Waals surface area contributed by atoms with Crippen molar-refractivity contribution in [2.45, 2.75) is 39.3 Å². The Morgan fingerprint density at radius 3 is 2.52 bits per heavy atom. The van der Waals surface area contributed by atoms with Crippen molar-refractivity contribution in [2.75, 3.05) is 5.32 Å². The summed E-state index contributed by atoms with van der Waals surface area (Å²) in [6, 6.07) is 3.82. The normalized spacial score (nSPS) is 12.6. The Balaban J connectivity index is 1.43. The van der Waals surface area contributed by atoms with Crippen LogP contribution >= 0.6 is 0 Å². The Hall–Kier alpha value is -5.15. The van der Waals surface area contributed by atoms with E-state index in [2.05, 4.69) is 35.4 Å². The predicted molar refractivity (Wildman–Crippen MR) is 136 cm³/mol. The summed E-state index contributed by atoms with van der Waals surface area (Å²) < 4.78 is 35.4. The third-order valence-electron chi connectivity index (χ3n) is 6.06. The molecule has 0 radical (unpaired) electrons. The summed E-state index contributed by atoms with van der Waals surface area (Å²) in [5.74, 6) is -3.75. The minimum Gasteiger partial charge on any atom is -0.337 e. The van der Waals surface area contributed by atoms with E-state index in [1.807, 2.05) is 0 Å². The van der Waals surface area contributed by atoms with Crippen LogP contribution in [0.25, 0.3) is 22.4 Å². The molecule has 5 heterocycles. The van der Waals surface area contributed by atoms with Gasteiger partial charge in [-0.25, -0.2) is 29.3 Å². The highest BCUT2D eigenvalue weighted by Crippen LogP contribution is 2.25. The van der Waals surface area contributed by atoms with Gasteiger partial charge in [-0.2, -0.15) is 13.8 Å². The summed E-state index contributed by atoms with van der Waals surface area (Å²) in [5.41, 5.74) is -0.500. The smallest absolute Gasteiger partial charge is 0.332 e. The van der Waals surface area contributed by atoms with E-state index in [1.165, 1.54) is 34.9 Å². The van der Waals surface area contributed by atoms with Crippen molar-refractivity contribution in [3.05, 3.63) is 75.3 Å². The van der Waals surface area contributed by atoms with Crippen LogP contribution in [0.1, 0.15) is 37.4 Å². The second-order valence-electron chi connectivity index (χ2n) is 9.05. The lowest BCUT2D eigenvalue weighted by molar-refractivity contribution is -0.118. The first-order valence-electron chi connectivity index (χ1n) is 11.9. The van der Waals surface area contributed by atoms with Crippen LogP contribution in [0.2, 0.25) is 0 Å². The topological polar surface area (TPSA) is 169 Å². The van der Waals surface area contributed by atoms with Gasteiger partial charge in [-0.15, -0.1) is 0 Å². The van der Waals surface area contributed by atoms with Crippen LogP contribution in [0.15, 0.2) is 51.0 Å². The molecule has 16 heteroatoms. The highest BCUT2D eigenvalue weighted by atomic mass is 19.3. The third-order valence-corrected chi connectivity index (χ3v) is 6.06. The van der Waals surface area contributed by atoms with Crippen LogP contribution in [-0.2, 0) is 24.3 Å². The summed E-state index contributed by atoms with van der Waals surface area (Å²) in [7, 11) is 1.45. The maximum absolute atomic E-state index is 13.4. The number of aromatic nitrogens is 9. The molecule has 0 bridgehead atoms. The molecule has 5 aromatic rings. The van der Waals surface area contributed by atoms with E-state index in [1.54, 1.807) is 32.0 Å². The van der Waals surface area contributed by atoms with Crippen molar-refractivity contribution in [1.82, 2.24) is 43.8 Å². The molecule has 206 valence electrons. The number of nitrogens with zero attached hydrogens (tertiary/aromatic N) is 9. The van der Waals surface area contributed by atoms with Crippen molar-refractivity contribution in [3.8, 4) is 11.3 Å². The fourth-order valence-electron chi connectivity index (χ4n) is 3.97. The molecule has 0 aliphatic carbocycles. The minimum absolute atomic E-state index is 0.0210. The fourth-order valence-corrected chi connectivity index (χ4v) is 3.97. The van der Waals surface area contributed by atoms with E-state index in [-0.39, 0.29) is 29.4 Å². The van der Waals surface area contributed by atoms with Crippen molar-refractivity contribution < 1.29 is 18.1 Å². The van der Waals surface area contributed by atoms with Crippen LogP contribution in [0.4, 0.5) is 14.6 Å². The molecule has 5 rings (SSSR count). The number of pyridine rings is 1. The summed E-state index contributed by atoms with van der Waals surface area (Å²) >= 11 is 0. The molecule has 0 aliphatic rings. The van der Waals surface area contributed by atoms with Gasteiger partial charge in [0.15, 0.2) is 22.8 Å². The molecule has 0 aliphatic heterocycles. The molecule has 0 spiro atoms. The highest BCUT2D eigenvalue weighted by molar-refractivity contribution is 5.93. The number of hydrogen-bond acceptors (Lipinski definition) is 10. The molecule has 1 N–H and O–H groups in total. The van der Waals surface area contributed by atoms with Gasteiger partial charge in [0, 0.05) is 31.9 Å². The molecule has 40 heavy (non-hydrogen) atoms. The number of fused-ring (bicyclic) bond motifs is 1. The summed E-state index contributed by atoms with van der Waals surface area (Å²) in [6.07, 6.45) is 3.74. The number of imidazole rings is 1. The summed E-state index contributed by atoms with van der Waals surface area (Å²) in [5, 5.41) is 6.34. The second-order valence-corrected chi connectivity index (χ2v) is 9.05. The first-order valence-corrected chi connectivity index (χ1v) is 11.9. The standard InChI is InChI=1S/C24H22F2N10O4/c1-12(20(37)32-16-7-5-6-15(31-16)14-8-27-22(28-9-14)24(3,25)26)36-11-29-19-18(36)21(38)35(23(39)34(19)4)10-17-30-13(2)33-40-17/h5-9,11-12H,10H2,1-4H3,(H,31,32,37)/t12-/m0/s1. The van der Waals surface area contributed by atoms with Gasteiger partial charge < -0.3 is 14.4 Å². The molecule has 1 amide bonds. The van der Waals surface area contributed by atoms with Gasteiger partial charge in [-0.05, 0) is 26.0 Å². The lowest BCUT2D eigenvalue weighted by Crippen LogP contribution is -2.40. The van der Waals surface area contributed by atoms with E-state index in [0.29, 0.717) is 24.0 Å². The SMILES string of the molecule is Cc1noc(Cn2c(=O)c3c(ncn3[C@@H](C)C(=O)Nc3cccc(-c4cnc(C(C)(F)F)nc4)n3)n(C)c2=O)n1. The Morgan fingerprint density at radius 1 is 1.15 bits per heavy atom. The van der Waals surface area contributed by atoms with Crippen LogP contribution in [0.3, 0.4) is 0 Å². The highest BCUT2D eigenvalue weighted by Gasteiger charge is 2.28. The maximum Gasteiger partial charge on any atom is 0.332 e. The zero-order valence-electron chi connectivity index (χ0n) is 21.7. The Bertz CT molecular complexity index is 1850. The Kier molecular flexibility index (Phi) is 6.53. The predicted octanol–water partition coefficient (Wildman–Crippen LogP) is 1.80. The number of carbonyl (C=O) groups excluding carboxylic acids is 1. The molecule has 0 fully saturated rings. The van der Waals surface area contributed by atoms with E-state index in [9.17, 15) is 23.2 Å². The van der Waals surface area contributed by atoms with Crippen LogP contribution in [0.5, 0.6) is 0 Å². The Labute approximate surface area is 223 Å². The van der Waals surface area contributed by atoms with Gasteiger partial charge in [0.2, 0.25) is 11.8 Å². The van der Waals surface area contributed by atoms with Crippen molar-refractivity contribution in [1.29, 1.82) is 0 Å². The second kappa shape index (κ2) is 9.87. The molecule has 0 saturated heterocycles. The van der Waals surface area contributed by atoms with Crippen LogP contribution < -0.4 is 16.6 Å². The first kappa shape index (κ1) is 26.5. The molecular weight excluding hydrogens is 530 g/mol. The van der Waals surface area contributed by atoms with Gasteiger partial charge in [-0.3, -0.25) is 14.2 Å². The van der Waals surface area contributed by atoms with E-state index >= 15 is 0 Å². The number of rotatable bonds is 7. The summed E-state index contributed by atoms with van der Waals surface area (Å²) in [6.45, 7) is 3.60. The minimum atomic E-state index is -3.18. The number of carbonyl (C=O) groups is 1. The fraction of sp³-hybridized carbons (Fsp3) is 0.292. The number of hydrogen-bond donors (Lipinski definition) is 1. The Morgan fingerprint density at radius 2 is 1.88 bits per heavy atom. The zero-order chi connectivity index (χ0) is 28.8. The van der Waals surface area contributed by atoms with Crippen LogP contribution in [0, 0.1) is 6.92 Å². The molecule has 14 nitrogen and oxygen atoms in total. The molecular formula is C24H22F2N10O4. The summed E-state index contributed by atoms with van der Waals surface area (Å²) in [4.78, 5) is 59.3. The van der Waals surface area contributed by atoms with Crippen molar-refractivity contribution in [3.63, 3.8) is 0 Å². The number of amides is 1. The molecule has 0 saturated carbocycles. The van der Waals surface area contributed by atoms with Crippen LogP contribution in [-0.4, -0.2) is 49.7 Å². The lowest BCUT2D eigenvalue weighted by Gasteiger charge is -2.15. The van der Waals surface area contributed by atoms with Gasteiger partial charge in [-0.1, -0.05) is 11.2 Å². The number of alkyl halides is 2. The largest absolute Gasteiger partial charge is 0.337 e. The quantitative estimate of drug-likeness (QED) is 0.314. The molecule has 0 unspecified atom stereocenters. The average molecular weight is 553 g/mol. The molecule has 1 atom stereocenters. The van der Waals surface area contributed by atoms with Crippen molar-refractivity contribution >= 4 is 22.9 Å². The molecule has 0 aromatic carbocycles. The van der Waals surface area contributed by atoms with Gasteiger partial charge in [0.05, 0.1) is 12.0 Å². The van der Waals surface area contributed by atoms with E-state index in [4.69, 9.17) is 4.52 Å². The number of anilines is 1. The zero-order valence-corrected chi connectivity index (χ0v) is 21.7. The van der Waals surface area contributed by atoms with E-state index < -0.39 is 34.9 Å². The van der Waals surface area contributed by atoms with Gasteiger partial charge in [0.25, 0.3) is 5.56 Å². The lowest BCUT2D eigenvalue weighted by atomic mass is 10.2. The monoisotopic (exact) mass is 552 g/mol. The van der Waals surface area contributed by atoms with Crippen molar-refractivity contribution in [2.24, 2.45) is 7.05 Å². The maximum atomic E-state index is 13.4. The van der Waals surface area contributed by atoms with Gasteiger partial charge in [0.1, 0.15) is 18.4 Å².